The summed E-state index contributed by atoms with van der Waals surface area (Å²) < 4.78 is 13.0. The Kier molecular flexibility index (Phi) is 6.06. The van der Waals surface area contributed by atoms with E-state index < -0.39 is 0 Å². The summed E-state index contributed by atoms with van der Waals surface area (Å²) >= 11 is 0. The van der Waals surface area contributed by atoms with E-state index in [4.69, 9.17) is 14.3 Å². The molecule has 0 radical (unpaired) electrons. The number of rotatable bonds is 6. The first-order chi connectivity index (χ1) is 14.0. The quantitative estimate of drug-likeness (QED) is 0.746. The zero-order chi connectivity index (χ0) is 20.4. The van der Waals surface area contributed by atoms with Crippen LogP contribution in [0.1, 0.15) is 47.8 Å². The molecule has 1 unspecified atom stereocenters. The number of hydrogen-bond acceptors (Lipinski definition) is 5. The molecule has 0 aromatic carbocycles. The van der Waals surface area contributed by atoms with E-state index in [0.717, 1.165) is 43.7 Å². The minimum atomic E-state index is 0.0568. The van der Waals surface area contributed by atoms with E-state index in [1.165, 1.54) is 5.69 Å². The Morgan fingerprint density at radius 3 is 2.83 bits per heavy atom. The number of ether oxygens (including phenoxy) is 1. The number of furan rings is 1. The van der Waals surface area contributed by atoms with E-state index in [-0.39, 0.29) is 5.91 Å². The van der Waals surface area contributed by atoms with Crippen LogP contribution in [0.4, 0.5) is 0 Å². The topological polar surface area (TPSA) is 63.7 Å². The highest BCUT2D eigenvalue weighted by Crippen LogP contribution is 2.29. The van der Waals surface area contributed by atoms with Gasteiger partial charge in [0.25, 0.3) is 5.91 Å². The predicted octanol–water partition coefficient (Wildman–Crippen LogP) is 2.59. The molecule has 3 heterocycles. The van der Waals surface area contributed by atoms with E-state index in [9.17, 15) is 4.79 Å². The molecule has 0 N–H and O–H groups in total. The van der Waals surface area contributed by atoms with Crippen molar-refractivity contribution in [3.05, 3.63) is 41.1 Å². The standard InChI is InChI=1S/C22H32N4O3/c1-16(2)14-26-20-7-6-17(24(3)15-18-5-4-10-29-18)13-19(20)21(23-26)22(27)25-8-11-28-12-9-25/h4-5,10,16-17H,6-9,11-15H2,1-3H3. The van der Waals surface area contributed by atoms with Gasteiger partial charge in [0.1, 0.15) is 5.76 Å². The molecular formula is C22H32N4O3. The fourth-order valence-corrected chi connectivity index (χ4v) is 4.41. The Bertz CT molecular complexity index is 821. The van der Waals surface area contributed by atoms with E-state index in [1.54, 1.807) is 6.26 Å². The summed E-state index contributed by atoms with van der Waals surface area (Å²) in [6.45, 7) is 8.52. The molecule has 0 saturated carbocycles. The molecule has 4 rings (SSSR count). The van der Waals surface area contributed by atoms with Gasteiger partial charge in [-0.3, -0.25) is 14.4 Å². The van der Waals surface area contributed by atoms with Gasteiger partial charge in [-0.25, -0.2) is 0 Å². The van der Waals surface area contributed by atoms with Gasteiger partial charge < -0.3 is 14.1 Å². The Balaban J connectivity index is 1.58. The Morgan fingerprint density at radius 2 is 2.14 bits per heavy atom. The van der Waals surface area contributed by atoms with E-state index in [0.29, 0.717) is 44.0 Å². The first-order valence-corrected chi connectivity index (χ1v) is 10.7. The van der Waals surface area contributed by atoms with Crippen LogP contribution < -0.4 is 0 Å². The molecule has 2 aromatic rings. The van der Waals surface area contributed by atoms with Crippen molar-refractivity contribution in [3.8, 4) is 0 Å². The summed E-state index contributed by atoms with van der Waals surface area (Å²) in [4.78, 5) is 17.5. The molecule has 0 spiro atoms. The maximum Gasteiger partial charge on any atom is 0.274 e. The van der Waals surface area contributed by atoms with Gasteiger partial charge in [-0.15, -0.1) is 0 Å². The van der Waals surface area contributed by atoms with Gasteiger partial charge in [0.05, 0.1) is 26.0 Å². The van der Waals surface area contributed by atoms with Crippen LogP contribution in [0.5, 0.6) is 0 Å². The fourth-order valence-electron chi connectivity index (χ4n) is 4.41. The van der Waals surface area contributed by atoms with Crippen LogP contribution in [0.25, 0.3) is 0 Å². The summed E-state index contributed by atoms with van der Waals surface area (Å²) in [7, 11) is 2.14. The molecule has 7 heteroatoms. The van der Waals surface area contributed by atoms with Crippen molar-refractivity contribution < 1.29 is 13.9 Å². The molecule has 1 aliphatic carbocycles. The lowest BCUT2D eigenvalue weighted by atomic mass is 9.90. The van der Waals surface area contributed by atoms with E-state index in [2.05, 4.69) is 30.5 Å². The number of carbonyl (C=O) groups excluding carboxylic acids is 1. The number of aromatic nitrogens is 2. The Morgan fingerprint density at radius 1 is 1.34 bits per heavy atom. The molecule has 158 valence electrons. The zero-order valence-electron chi connectivity index (χ0n) is 17.8. The average molecular weight is 401 g/mol. The number of likely N-dealkylation sites (N-methyl/N-ethyl adjacent to an activating group) is 1. The van der Waals surface area contributed by atoms with Gasteiger partial charge in [0.2, 0.25) is 0 Å². The molecule has 2 aliphatic rings. The maximum atomic E-state index is 13.3. The third-order valence-electron chi connectivity index (χ3n) is 5.97. The number of morpholine rings is 1. The Hall–Kier alpha value is -2.12. The molecule has 1 atom stereocenters. The number of nitrogens with zero attached hydrogens (tertiary/aromatic N) is 4. The highest BCUT2D eigenvalue weighted by Gasteiger charge is 2.33. The molecule has 1 fully saturated rings. The first kappa shape index (κ1) is 20.2. The van der Waals surface area contributed by atoms with Crippen LogP contribution in [0.3, 0.4) is 0 Å². The molecule has 2 aromatic heterocycles. The van der Waals surface area contributed by atoms with Gasteiger partial charge >= 0.3 is 0 Å². The fraction of sp³-hybridized carbons (Fsp3) is 0.636. The average Bonchev–Trinajstić information content (AvgIpc) is 3.35. The van der Waals surface area contributed by atoms with Gasteiger partial charge in [-0.1, -0.05) is 13.8 Å². The second-order valence-electron chi connectivity index (χ2n) is 8.65. The molecule has 1 saturated heterocycles. The lowest BCUT2D eigenvalue weighted by molar-refractivity contribution is 0.0297. The predicted molar refractivity (Wildman–Crippen MR) is 110 cm³/mol. The van der Waals surface area contributed by atoms with Crippen molar-refractivity contribution in [3.63, 3.8) is 0 Å². The summed E-state index contributed by atoms with van der Waals surface area (Å²) in [5, 5.41) is 4.82. The largest absolute Gasteiger partial charge is 0.468 e. The van der Waals surface area contributed by atoms with Crippen LogP contribution in [0.15, 0.2) is 22.8 Å². The summed E-state index contributed by atoms with van der Waals surface area (Å²) in [5.41, 5.74) is 3.04. The Labute approximate surface area is 172 Å². The van der Waals surface area contributed by atoms with E-state index in [1.807, 2.05) is 17.0 Å². The minimum Gasteiger partial charge on any atom is -0.468 e. The third kappa shape index (κ3) is 4.41. The summed E-state index contributed by atoms with van der Waals surface area (Å²) in [5.74, 6) is 1.52. The normalized spacial score (nSPS) is 19.8. The highest BCUT2D eigenvalue weighted by atomic mass is 16.5. The monoisotopic (exact) mass is 400 g/mol. The van der Waals surface area contributed by atoms with Crippen LogP contribution >= 0.6 is 0 Å². The molecule has 1 aliphatic heterocycles. The third-order valence-corrected chi connectivity index (χ3v) is 5.97. The number of fused-ring (bicyclic) bond motifs is 1. The molecule has 1 amide bonds. The summed E-state index contributed by atoms with van der Waals surface area (Å²) in [6.07, 6.45) is 4.60. The van der Waals surface area contributed by atoms with Crippen molar-refractivity contribution in [2.75, 3.05) is 33.4 Å². The van der Waals surface area contributed by atoms with Crippen molar-refractivity contribution in [2.45, 2.75) is 52.2 Å². The summed E-state index contributed by atoms with van der Waals surface area (Å²) in [6, 6.07) is 4.32. The lowest BCUT2D eigenvalue weighted by Gasteiger charge is -2.32. The SMILES string of the molecule is CC(C)Cn1nc(C(=O)N2CCOCC2)c2c1CCC(N(C)Cc1ccco1)C2. The van der Waals surface area contributed by atoms with Crippen LogP contribution in [0.2, 0.25) is 0 Å². The minimum absolute atomic E-state index is 0.0568. The zero-order valence-corrected chi connectivity index (χ0v) is 17.8. The van der Waals surface area contributed by atoms with Crippen molar-refractivity contribution >= 4 is 5.91 Å². The van der Waals surface area contributed by atoms with Crippen molar-refractivity contribution in [2.24, 2.45) is 5.92 Å². The molecular weight excluding hydrogens is 368 g/mol. The van der Waals surface area contributed by atoms with Crippen molar-refractivity contribution in [1.29, 1.82) is 0 Å². The van der Waals surface area contributed by atoms with Gasteiger partial charge in [-0.05, 0) is 44.4 Å². The number of carbonyl (C=O) groups is 1. The smallest absolute Gasteiger partial charge is 0.274 e. The second-order valence-corrected chi connectivity index (χ2v) is 8.65. The van der Waals surface area contributed by atoms with Crippen molar-refractivity contribution in [1.82, 2.24) is 19.6 Å². The van der Waals surface area contributed by atoms with E-state index >= 15 is 0 Å². The van der Waals surface area contributed by atoms with Gasteiger partial charge in [-0.2, -0.15) is 5.10 Å². The van der Waals surface area contributed by atoms with Crippen LogP contribution in [-0.4, -0.2) is 64.9 Å². The van der Waals surface area contributed by atoms with Gasteiger partial charge in [0.15, 0.2) is 5.69 Å². The lowest BCUT2D eigenvalue weighted by Crippen LogP contribution is -2.42. The second kappa shape index (κ2) is 8.71. The molecule has 0 bridgehead atoms. The van der Waals surface area contributed by atoms with Gasteiger partial charge in [0, 0.05) is 36.9 Å². The maximum absolute atomic E-state index is 13.3. The van der Waals surface area contributed by atoms with Crippen LogP contribution in [-0.2, 0) is 30.7 Å². The number of hydrogen-bond donors (Lipinski definition) is 0. The molecule has 29 heavy (non-hydrogen) atoms. The highest BCUT2D eigenvalue weighted by molar-refractivity contribution is 5.94. The number of amides is 1. The first-order valence-electron chi connectivity index (χ1n) is 10.7. The van der Waals surface area contributed by atoms with Crippen LogP contribution in [0, 0.1) is 5.92 Å². The molecule has 7 nitrogen and oxygen atoms in total.